The van der Waals surface area contributed by atoms with Gasteiger partial charge in [0.05, 0.1) is 4.90 Å². The predicted molar refractivity (Wildman–Crippen MR) is 123 cm³/mol. The summed E-state index contributed by atoms with van der Waals surface area (Å²) in [5.41, 5.74) is 5.02. The van der Waals surface area contributed by atoms with Crippen molar-refractivity contribution in [3.05, 3.63) is 57.6 Å². The van der Waals surface area contributed by atoms with Gasteiger partial charge >= 0.3 is 5.97 Å². The quantitative estimate of drug-likeness (QED) is 0.585. The molecule has 2 aliphatic carbocycles. The van der Waals surface area contributed by atoms with Crippen molar-refractivity contribution < 1.29 is 23.1 Å². The number of aryl methyl sites for hydroxylation is 1. The van der Waals surface area contributed by atoms with Crippen LogP contribution in [0, 0.1) is 0 Å². The van der Waals surface area contributed by atoms with E-state index in [1.807, 2.05) is 6.07 Å². The zero-order chi connectivity index (χ0) is 22.7. The number of benzene rings is 2. The molecule has 0 radical (unpaired) electrons. The Hall–Kier alpha value is -2.09. The lowest BCUT2D eigenvalue weighted by Crippen LogP contribution is -2.27. The summed E-state index contributed by atoms with van der Waals surface area (Å²) in [5.74, 6) is -0.0678. The molecule has 2 N–H and O–H groups in total. The van der Waals surface area contributed by atoms with Gasteiger partial charge in [-0.15, -0.1) is 0 Å². The largest absolute Gasteiger partial charge is 0.482 e. The molecule has 0 heterocycles. The number of carboxylic acids is 1. The summed E-state index contributed by atoms with van der Waals surface area (Å²) >= 11 is 5.87. The molecule has 0 saturated carbocycles. The number of aliphatic carboxylic acids is 1. The van der Waals surface area contributed by atoms with Crippen molar-refractivity contribution in [1.82, 2.24) is 4.72 Å². The van der Waals surface area contributed by atoms with Crippen molar-refractivity contribution >= 4 is 27.6 Å². The van der Waals surface area contributed by atoms with Gasteiger partial charge in [0.25, 0.3) is 0 Å². The zero-order valence-electron chi connectivity index (χ0n) is 17.9. The lowest BCUT2D eigenvalue weighted by Gasteiger charge is -2.33. The Balaban J connectivity index is 1.55. The van der Waals surface area contributed by atoms with Gasteiger partial charge in [-0.2, -0.15) is 0 Å². The van der Waals surface area contributed by atoms with E-state index >= 15 is 0 Å². The van der Waals surface area contributed by atoms with Gasteiger partial charge in [0, 0.05) is 11.6 Å². The maximum atomic E-state index is 12.6. The van der Waals surface area contributed by atoms with E-state index < -0.39 is 16.0 Å². The van der Waals surface area contributed by atoms with Gasteiger partial charge in [-0.05, 0) is 110 Å². The molecular weight excluding hydrogens is 450 g/mol. The first-order chi connectivity index (χ1) is 15.3. The van der Waals surface area contributed by atoms with Gasteiger partial charge in [0.15, 0.2) is 6.61 Å². The highest BCUT2D eigenvalue weighted by molar-refractivity contribution is 7.89. The third kappa shape index (κ3) is 5.11. The first kappa shape index (κ1) is 23.1. The average molecular weight is 478 g/mol. The molecule has 0 aliphatic heterocycles. The normalized spacial score (nSPS) is 18.0. The van der Waals surface area contributed by atoms with E-state index in [0.29, 0.717) is 23.7 Å². The summed E-state index contributed by atoms with van der Waals surface area (Å²) in [6, 6.07) is 8.19. The standard InChI is InChI=1S/C24H28ClNO5S/c25-18-8-10-19(11-9-18)32(29,30)26-13-12-16-5-3-7-21-22(31-15-23(27)28)14-17-4-1-2-6-20(17)24(16)21/h8-11,14,16,26H,1-7,12-13,15H2,(H,27,28). The first-order valence-corrected chi connectivity index (χ1v) is 13.0. The van der Waals surface area contributed by atoms with Crippen LogP contribution in [0.3, 0.4) is 0 Å². The molecule has 0 spiro atoms. The fourth-order valence-corrected chi connectivity index (χ4v) is 6.17. The van der Waals surface area contributed by atoms with Crippen molar-refractivity contribution in [2.24, 2.45) is 0 Å². The number of hydrogen-bond acceptors (Lipinski definition) is 4. The maximum Gasteiger partial charge on any atom is 0.341 e. The highest BCUT2D eigenvalue weighted by Crippen LogP contribution is 2.44. The SMILES string of the molecule is O=C(O)COc1cc2c(c3c1CCCC3CCNS(=O)(=O)c1ccc(Cl)cc1)CCCC2. The van der Waals surface area contributed by atoms with E-state index in [0.717, 1.165) is 50.5 Å². The number of rotatable bonds is 8. The van der Waals surface area contributed by atoms with Crippen LogP contribution in [0.25, 0.3) is 0 Å². The van der Waals surface area contributed by atoms with Crippen molar-refractivity contribution in [3.63, 3.8) is 0 Å². The van der Waals surface area contributed by atoms with Gasteiger partial charge < -0.3 is 9.84 Å². The van der Waals surface area contributed by atoms with Crippen molar-refractivity contribution in [2.45, 2.75) is 62.2 Å². The van der Waals surface area contributed by atoms with Crippen LogP contribution in [0.4, 0.5) is 0 Å². The first-order valence-electron chi connectivity index (χ1n) is 11.1. The highest BCUT2D eigenvalue weighted by Gasteiger charge is 2.29. The second-order valence-electron chi connectivity index (χ2n) is 8.52. The second-order valence-corrected chi connectivity index (χ2v) is 10.7. The highest BCUT2D eigenvalue weighted by atomic mass is 35.5. The Morgan fingerprint density at radius 1 is 1.09 bits per heavy atom. The Morgan fingerprint density at radius 2 is 1.81 bits per heavy atom. The molecule has 0 bridgehead atoms. The van der Waals surface area contributed by atoms with E-state index in [4.69, 9.17) is 21.4 Å². The number of carbonyl (C=O) groups is 1. The smallest absolute Gasteiger partial charge is 0.341 e. The third-order valence-electron chi connectivity index (χ3n) is 6.41. The summed E-state index contributed by atoms with van der Waals surface area (Å²) < 4.78 is 33.7. The summed E-state index contributed by atoms with van der Waals surface area (Å²) in [6.07, 6.45) is 7.78. The Bertz CT molecular complexity index is 1100. The van der Waals surface area contributed by atoms with Gasteiger partial charge in [-0.3, -0.25) is 0 Å². The van der Waals surface area contributed by atoms with Crippen molar-refractivity contribution in [3.8, 4) is 5.75 Å². The van der Waals surface area contributed by atoms with Gasteiger partial charge in [0.1, 0.15) is 5.75 Å². The minimum Gasteiger partial charge on any atom is -0.482 e. The maximum absolute atomic E-state index is 12.6. The van der Waals surface area contributed by atoms with Crippen LogP contribution < -0.4 is 9.46 Å². The minimum atomic E-state index is -3.60. The van der Waals surface area contributed by atoms with Gasteiger partial charge in [-0.1, -0.05) is 11.6 Å². The van der Waals surface area contributed by atoms with E-state index in [9.17, 15) is 13.2 Å². The number of fused-ring (bicyclic) bond motifs is 3. The lowest BCUT2D eigenvalue weighted by atomic mass is 9.74. The van der Waals surface area contributed by atoms with Crippen LogP contribution in [0.1, 0.15) is 60.3 Å². The molecule has 32 heavy (non-hydrogen) atoms. The molecule has 172 valence electrons. The molecule has 2 aliphatic rings. The number of nitrogens with one attached hydrogen (secondary N) is 1. The monoisotopic (exact) mass is 477 g/mol. The third-order valence-corrected chi connectivity index (χ3v) is 8.14. The van der Waals surface area contributed by atoms with E-state index in [2.05, 4.69) is 4.72 Å². The summed E-state index contributed by atoms with van der Waals surface area (Å²) in [7, 11) is -3.60. The van der Waals surface area contributed by atoms with Crippen LogP contribution in [0.2, 0.25) is 5.02 Å². The second kappa shape index (κ2) is 9.81. The average Bonchev–Trinajstić information content (AvgIpc) is 2.77. The molecule has 0 amide bonds. The molecule has 0 aromatic heterocycles. The van der Waals surface area contributed by atoms with Crippen LogP contribution in [0.15, 0.2) is 35.2 Å². The molecule has 0 saturated heterocycles. The lowest BCUT2D eigenvalue weighted by molar-refractivity contribution is -0.139. The summed E-state index contributed by atoms with van der Waals surface area (Å²) in [5, 5.41) is 9.57. The van der Waals surface area contributed by atoms with E-state index in [1.165, 1.54) is 28.8 Å². The number of hydrogen-bond donors (Lipinski definition) is 2. The predicted octanol–water partition coefficient (Wildman–Crippen LogP) is 4.47. The van der Waals surface area contributed by atoms with Crippen LogP contribution in [-0.2, 0) is 34.1 Å². The molecule has 2 aromatic carbocycles. The molecule has 1 unspecified atom stereocenters. The zero-order valence-corrected chi connectivity index (χ0v) is 19.5. The van der Waals surface area contributed by atoms with E-state index in [1.54, 1.807) is 12.1 Å². The topological polar surface area (TPSA) is 92.7 Å². The molecule has 4 rings (SSSR count). The number of sulfonamides is 1. The van der Waals surface area contributed by atoms with Crippen LogP contribution in [-0.4, -0.2) is 32.6 Å². The molecule has 2 aromatic rings. The fraction of sp³-hybridized carbons (Fsp3) is 0.458. The van der Waals surface area contributed by atoms with Gasteiger partial charge in [0.2, 0.25) is 10.0 Å². The molecule has 0 fully saturated rings. The van der Waals surface area contributed by atoms with Crippen molar-refractivity contribution in [1.29, 1.82) is 0 Å². The summed E-state index contributed by atoms with van der Waals surface area (Å²) in [4.78, 5) is 11.3. The molecule has 1 atom stereocenters. The molecule has 6 nitrogen and oxygen atoms in total. The number of carboxylic acid groups (broad SMARTS) is 1. The minimum absolute atomic E-state index is 0.202. The number of halogens is 1. The number of ether oxygens (including phenoxy) is 1. The van der Waals surface area contributed by atoms with Crippen LogP contribution in [0.5, 0.6) is 5.75 Å². The van der Waals surface area contributed by atoms with Crippen molar-refractivity contribution in [2.75, 3.05) is 13.2 Å². The van der Waals surface area contributed by atoms with Crippen LogP contribution >= 0.6 is 11.6 Å². The van der Waals surface area contributed by atoms with Gasteiger partial charge in [-0.25, -0.2) is 17.9 Å². The Kier molecular flexibility index (Phi) is 7.08. The molecular formula is C24H28ClNO5S. The van der Waals surface area contributed by atoms with E-state index in [-0.39, 0.29) is 17.4 Å². The Labute approximate surface area is 194 Å². The fourth-order valence-electron chi connectivity index (χ4n) is 5.00. The summed E-state index contributed by atoms with van der Waals surface area (Å²) in [6.45, 7) is -0.0131. The molecule has 8 heteroatoms. The Morgan fingerprint density at radius 3 is 2.56 bits per heavy atom.